The molecule has 4 rings (SSSR count). The predicted octanol–water partition coefficient (Wildman–Crippen LogP) is 3.66. The van der Waals surface area contributed by atoms with E-state index in [1.54, 1.807) is 6.07 Å². The molecule has 0 unspecified atom stereocenters. The van der Waals surface area contributed by atoms with Gasteiger partial charge in [-0.1, -0.05) is 11.6 Å². The molecule has 6 heteroatoms. The minimum absolute atomic E-state index is 0.110. The van der Waals surface area contributed by atoms with Crippen LogP contribution in [0, 0.1) is 5.82 Å². The van der Waals surface area contributed by atoms with Crippen molar-refractivity contribution in [3.8, 4) is 0 Å². The lowest BCUT2D eigenvalue weighted by Crippen LogP contribution is -2.21. The van der Waals surface area contributed by atoms with Gasteiger partial charge >= 0.3 is 0 Å². The first-order chi connectivity index (χ1) is 10.5. The van der Waals surface area contributed by atoms with E-state index in [4.69, 9.17) is 11.6 Å². The number of ketones is 1. The number of halogens is 2. The molecule has 0 saturated heterocycles. The van der Waals surface area contributed by atoms with Crippen molar-refractivity contribution >= 4 is 28.9 Å². The van der Waals surface area contributed by atoms with Gasteiger partial charge in [0.15, 0.2) is 11.6 Å². The Labute approximate surface area is 131 Å². The highest BCUT2D eigenvalue weighted by atomic mass is 35.5. The van der Waals surface area contributed by atoms with E-state index in [0.717, 1.165) is 30.6 Å². The topological polar surface area (TPSA) is 46.1 Å². The largest absolute Gasteiger partial charge is 0.325 e. The summed E-state index contributed by atoms with van der Waals surface area (Å²) < 4.78 is 13.7. The molecule has 2 aromatic heterocycles. The SMILES string of the molecule is CC(=O)c1nc(N2CC3(CC3)c3cnc(Cl)cc32)ccc1F. The molecule has 4 nitrogen and oxygen atoms in total. The van der Waals surface area contributed by atoms with Crippen molar-refractivity contribution in [1.29, 1.82) is 0 Å². The van der Waals surface area contributed by atoms with E-state index < -0.39 is 5.82 Å². The fourth-order valence-electron chi connectivity index (χ4n) is 3.14. The molecule has 0 amide bonds. The Kier molecular flexibility index (Phi) is 2.78. The molecule has 0 radical (unpaired) electrons. The molecule has 1 aliphatic heterocycles. The van der Waals surface area contributed by atoms with E-state index in [1.807, 2.05) is 17.2 Å². The van der Waals surface area contributed by atoms with Crippen LogP contribution in [-0.4, -0.2) is 22.3 Å². The highest BCUT2D eigenvalue weighted by Crippen LogP contribution is 2.57. The molecule has 1 fully saturated rings. The third-order valence-electron chi connectivity index (χ3n) is 4.47. The molecular weight excluding hydrogens is 305 g/mol. The molecule has 22 heavy (non-hydrogen) atoms. The number of carbonyl (C=O) groups excluding carboxylic acids is 1. The smallest absolute Gasteiger partial charge is 0.181 e. The molecule has 3 heterocycles. The fraction of sp³-hybridized carbons (Fsp3) is 0.312. The molecule has 0 bridgehead atoms. The van der Waals surface area contributed by atoms with Crippen LogP contribution in [0.1, 0.15) is 35.8 Å². The molecular formula is C16H13ClFN3O. The number of anilines is 2. The van der Waals surface area contributed by atoms with Crippen LogP contribution in [-0.2, 0) is 5.41 Å². The molecule has 1 spiro atoms. The first kappa shape index (κ1) is 13.6. The number of carbonyl (C=O) groups is 1. The van der Waals surface area contributed by atoms with Crippen LogP contribution in [0.2, 0.25) is 5.15 Å². The average molecular weight is 318 g/mol. The van der Waals surface area contributed by atoms with Crippen LogP contribution in [0.3, 0.4) is 0 Å². The molecule has 112 valence electrons. The molecule has 1 saturated carbocycles. The van der Waals surface area contributed by atoms with Crippen molar-refractivity contribution in [3.63, 3.8) is 0 Å². The predicted molar refractivity (Wildman–Crippen MR) is 81.4 cm³/mol. The molecule has 0 aromatic carbocycles. The summed E-state index contributed by atoms with van der Waals surface area (Å²) in [6.07, 6.45) is 4.02. The van der Waals surface area contributed by atoms with Crippen molar-refractivity contribution in [2.24, 2.45) is 0 Å². The maximum atomic E-state index is 13.7. The average Bonchev–Trinajstić information content (AvgIpc) is 3.18. The quantitative estimate of drug-likeness (QED) is 0.626. The van der Waals surface area contributed by atoms with E-state index >= 15 is 0 Å². The maximum absolute atomic E-state index is 13.7. The van der Waals surface area contributed by atoms with Gasteiger partial charge in [-0.2, -0.15) is 0 Å². The Hall–Kier alpha value is -2.01. The lowest BCUT2D eigenvalue weighted by molar-refractivity contribution is 0.100. The van der Waals surface area contributed by atoms with Crippen molar-refractivity contribution in [1.82, 2.24) is 9.97 Å². The summed E-state index contributed by atoms with van der Waals surface area (Å²) >= 11 is 6.02. The fourth-order valence-corrected chi connectivity index (χ4v) is 3.29. The summed E-state index contributed by atoms with van der Waals surface area (Å²) in [4.78, 5) is 21.9. The Morgan fingerprint density at radius 1 is 1.41 bits per heavy atom. The van der Waals surface area contributed by atoms with Gasteiger partial charge < -0.3 is 4.90 Å². The number of hydrogen-bond donors (Lipinski definition) is 0. The van der Waals surface area contributed by atoms with Crippen molar-refractivity contribution in [2.45, 2.75) is 25.2 Å². The number of pyridine rings is 2. The highest BCUT2D eigenvalue weighted by molar-refractivity contribution is 6.29. The number of Topliss-reactive ketones (excluding diaryl/α,β-unsaturated/α-hetero) is 1. The summed E-state index contributed by atoms with van der Waals surface area (Å²) in [7, 11) is 0. The van der Waals surface area contributed by atoms with E-state index in [1.165, 1.54) is 13.0 Å². The number of aromatic nitrogens is 2. The third-order valence-corrected chi connectivity index (χ3v) is 4.67. The lowest BCUT2D eigenvalue weighted by Gasteiger charge is -2.19. The Balaban J connectivity index is 1.84. The Bertz CT molecular complexity index is 804. The van der Waals surface area contributed by atoms with Gasteiger partial charge in [0.25, 0.3) is 0 Å². The van der Waals surface area contributed by atoms with Crippen LogP contribution < -0.4 is 4.90 Å². The van der Waals surface area contributed by atoms with Crippen molar-refractivity contribution < 1.29 is 9.18 Å². The lowest BCUT2D eigenvalue weighted by atomic mass is 10.0. The summed E-state index contributed by atoms with van der Waals surface area (Å²) in [5.74, 6) is -0.406. The van der Waals surface area contributed by atoms with Crippen LogP contribution in [0.25, 0.3) is 0 Å². The van der Waals surface area contributed by atoms with Crippen molar-refractivity contribution in [2.75, 3.05) is 11.4 Å². The van der Waals surface area contributed by atoms with Gasteiger partial charge in [0.1, 0.15) is 16.7 Å². The number of hydrogen-bond acceptors (Lipinski definition) is 4. The second kappa shape index (κ2) is 4.49. The molecule has 0 N–H and O–H groups in total. The van der Waals surface area contributed by atoms with Gasteiger partial charge in [0.05, 0.1) is 5.69 Å². The maximum Gasteiger partial charge on any atom is 0.181 e. The third kappa shape index (κ3) is 1.92. The van der Waals surface area contributed by atoms with Gasteiger partial charge in [-0.05, 0) is 31.0 Å². The Morgan fingerprint density at radius 3 is 2.86 bits per heavy atom. The summed E-state index contributed by atoms with van der Waals surface area (Å²) in [6.45, 7) is 2.08. The monoisotopic (exact) mass is 317 g/mol. The molecule has 1 aliphatic carbocycles. The summed E-state index contributed by atoms with van der Waals surface area (Å²) in [5, 5.41) is 0.412. The minimum Gasteiger partial charge on any atom is -0.325 e. The highest BCUT2D eigenvalue weighted by Gasteiger charge is 2.52. The van der Waals surface area contributed by atoms with Gasteiger partial charge in [0, 0.05) is 30.6 Å². The summed E-state index contributed by atoms with van der Waals surface area (Å²) in [6, 6.07) is 4.70. The second-order valence-electron chi connectivity index (χ2n) is 5.95. The van der Waals surface area contributed by atoms with Crippen LogP contribution in [0.4, 0.5) is 15.9 Å². The zero-order valence-electron chi connectivity index (χ0n) is 11.9. The number of fused-ring (bicyclic) bond motifs is 2. The second-order valence-corrected chi connectivity index (χ2v) is 6.33. The normalized spacial score (nSPS) is 17.7. The molecule has 0 atom stereocenters. The van der Waals surface area contributed by atoms with Crippen LogP contribution in [0.5, 0.6) is 0 Å². The van der Waals surface area contributed by atoms with E-state index in [2.05, 4.69) is 9.97 Å². The zero-order valence-corrected chi connectivity index (χ0v) is 12.7. The van der Waals surface area contributed by atoms with Gasteiger partial charge in [-0.25, -0.2) is 14.4 Å². The van der Waals surface area contributed by atoms with E-state index in [9.17, 15) is 9.18 Å². The number of nitrogens with zero attached hydrogens (tertiary/aromatic N) is 3. The Morgan fingerprint density at radius 2 is 2.18 bits per heavy atom. The van der Waals surface area contributed by atoms with E-state index in [0.29, 0.717) is 11.0 Å². The zero-order chi connectivity index (χ0) is 15.5. The summed E-state index contributed by atoms with van der Waals surface area (Å²) in [5.41, 5.74) is 2.09. The standard InChI is InChI=1S/C16H13ClFN3O/c1-9(22)15-11(18)2-3-14(20-15)21-8-16(4-5-16)10-7-19-13(17)6-12(10)21/h2-3,6-7H,4-5,8H2,1H3. The minimum atomic E-state index is -0.593. The van der Waals surface area contributed by atoms with Crippen LogP contribution in [0.15, 0.2) is 24.4 Å². The number of rotatable bonds is 2. The first-order valence-electron chi connectivity index (χ1n) is 7.11. The molecule has 2 aromatic rings. The van der Waals surface area contributed by atoms with E-state index in [-0.39, 0.29) is 16.9 Å². The molecule has 2 aliphatic rings. The first-order valence-corrected chi connectivity index (χ1v) is 7.49. The van der Waals surface area contributed by atoms with Gasteiger partial charge in [0.2, 0.25) is 0 Å². The van der Waals surface area contributed by atoms with Gasteiger partial charge in [-0.3, -0.25) is 4.79 Å². The van der Waals surface area contributed by atoms with Gasteiger partial charge in [-0.15, -0.1) is 0 Å². The van der Waals surface area contributed by atoms with Crippen molar-refractivity contribution in [3.05, 3.63) is 46.6 Å². The van der Waals surface area contributed by atoms with Crippen LogP contribution >= 0.6 is 11.6 Å².